The van der Waals surface area contributed by atoms with Gasteiger partial charge in [0.05, 0.1) is 18.2 Å². The smallest absolute Gasteiger partial charge is 0.323 e. The fourth-order valence-corrected chi connectivity index (χ4v) is 5.79. The molecule has 6 rings (SSSR count). The molecule has 0 bridgehead atoms. The highest BCUT2D eigenvalue weighted by Crippen LogP contribution is 2.47. The Hall–Kier alpha value is -5.15. The van der Waals surface area contributed by atoms with E-state index >= 15 is 8.78 Å². The minimum atomic E-state index is -4.14. The maximum Gasteiger partial charge on any atom is 0.323 e. The van der Waals surface area contributed by atoms with Crippen LogP contribution < -0.4 is 4.90 Å². The molecule has 5 aromatic rings. The summed E-state index contributed by atoms with van der Waals surface area (Å²) in [7, 11) is 0. The van der Waals surface area contributed by atoms with E-state index in [4.69, 9.17) is 5.26 Å². The van der Waals surface area contributed by atoms with Crippen LogP contribution in [0.2, 0.25) is 0 Å². The first-order chi connectivity index (χ1) is 21.7. The molecule has 0 unspecified atom stereocenters. The van der Waals surface area contributed by atoms with Gasteiger partial charge in [-0.1, -0.05) is 30.3 Å². The first-order valence-electron chi connectivity index (χ1n) is 14.3. The molecule has 0 amide bonds. The van der Waals surface area contributed by atoms with Crippen molar-refractivity contribution in [2.45, 2.75) is 36.8 Å². The van der Waals surface area contributed by atoms with Gasteiger partial charge in [0.25, 0.3) is 0 Å². The highest BCUT2D eigenvalue weighted by atomic mass is 19.3. The van der Waals surface area contributed by atoms with Gasteiger partial charge in [0.2, 0.25) is 0 Å². The van der Waals surface area contributed by atoms with Gasteiger partial charge in [-0.3, -0.25) is 4.98 Å². The molecule has 0 aliphatic carbocycles. The Bertz CT molecular complexity index is 1800. The largest absolute Gasteiger partial charge is 0.377 e. The zero-order chi connectivity index (χ0) is 31.6. The van der Waals surface area contributed by atoms with Gasteiger partial charge in [0.1, 0.15) is 23.7 Å². The summed E-state index contributed by atoms with van der Waals surface area (Å²) in [5.41, 5.74) is -0.593. The van der Waals surface area contributed by atoms with E-state index in [1.165, 1.54) is 17.8 Å². The fourth-order valence-electron chi connectivity index (χ4n) is 5.79. The standard InChI is InChI=1S/C33H27F4N7O/c34-27-8-11-29(30(35)17-27)32(45,20-44-21-40-41-42-44)33(36,37)31-12-7-26(19-39-31)24-5-9-28(10-6-24)43-15-13-25(14-16-43)23-3-1-22(18-38)2-4-23/h1-12,17,19,21,25,45H,13-16,20H2/t32-/m0/s1. The molecule has 3 aromatic carbocycles. The van der Waals surface area contributed by atoms with Crippen LogP contribution in [0.4, 0.5) is 23.2 Å². The normalized spacial score (nSPS) is 15.4. The number of tetrazole rings is 1. The van der Waals surface area contributed by atoms with Gasteiger partial charge in [-0.25, -0.2) is 13.5 Å². The molecule has 2 aromatic heterocycles. The number of aliphatic hydroxyl groups is 1. The minimum Gasteiger partial charge on any atom is -0.377 e. The zero-order valence-corrected chi connectivity index (χ0v) is 23.9. The van der Waals surface area contributed by atoms with E-state index in [2.05, 4.69) is 31.5 Å². The summed E-state index contributed by atoms with van der Waals surface area (Å²) in [6.45, 7) is 0.820. The lowest BCUT2D eigenvalue weighted by Crippen LogP contribution is -2.48. The van der Waals surface area contributed by atoms with E-state index in [1.807, 2.05) is 48.5 Å². The number of benzene rings is 3. The maximum atomic E-state index is 16.1. The van der Waals surface area contributed by atoms with Crippen molar-refractivity contribution in [2.75, 3.05) is 18.0 Å². The number of aromatic nitrogens is 5. The van der Waals surface area contributed by atoms with Crippen molar-refractivity contribution in [3.63, 3.8) is 0 Å². The van der Waals surface area contributed by atoms with Gasteiger partial charge in [0, 0.05) is 42.2 Å². The van der Waals surface area contributed by atoms with Crippen molar-refractivity contribution in [1.82, 2.24) is 25.2 Å². The van der Waals surface area contributed by atoms with E-state index in [-0.39, 0.29) is 0 Å². The third-order valence-corrected chi connectivity index (χ3v) is 8.34. The first-order valence-corrected chi connectivity index (χ1v) is 14.3. The molecule has 1 aliphatic rings. The minimum absolute atomic E-state index is 0.424. The Kier molecular flexibility index (Phi) is 8.03. The molecule has 0 radical (unpaired) electrons. The van der Waals surface area contributed by atoms with Crippen LogP contribution in [0.15, 0.2) is 91.4 Å². The van der Waals surface area contributed by atoms with Crippen LogP contribution in [0.25, 0.3) is 11.1 Å². The third kappa shape index (κ3) is 5.86. The highest BCUT2D eigenvalue weighted by Gasteiger charge is 2.58. The molecule has 8 nitrogen and oxygen atoms in total. The van der Waals surface area contributed by atoms with Crippen molar-refractivity contribution >= 4 is 5.69 Å². The summed E-state index contributed by atoms with van der Waals surface area (Å²) >= 11 is 0. The lowest BCUT2D eigenvalue weighted by atomic mass is 9.84. The second-order valence-corrected chi connectivity index (χ2v) is 11.0. The number of nitriles is 1. The first kappa shape index (κ1) is 29.9. The summed E-state index contributed by atoms with van der Waals surface area (Å²) in [6, 6.07) is 22.1. The molecule has 228 valence electrons. The van der Waals surface area contributed by atoms with Crippen LogP contribution in [0.5, 0.6) is 0 Å². The third-order valence-electron chi connectivity index (χ3n) is 8.34. The van der Waals surface area contributed by atoms with E-state index in [0.29, 0.717) is 23.1 Å². The second kappa shape index (κ2) is 12.1. The Labute approximate surface area is 256 Å². The molecular weight excluding hydrogens is 586 g/mol. The van der Waals surface area contributed by atoms with E-state index in [1.54, 1.807) is 0 Å². The van der Waals surface area contributed by atoms with Gasteiger partial charge < -0.3 is 10.0 Å². The average molecular weight is 614 g/mol. The number of anilines is 1. The number of nitrogens with zero attached hydrogens (tertiary/aromatic N) is 7. The zero-order valence-electron chi connectivity index (χ0n) is 23.9. The number of halogens is 4. The number of rotatable bonds is 8. The summed E-state index contributed by atoms with van der Waals surface area (Å²) < 4.78 is 61.3. The van der Waals surface area contributed by atoms with Gasteiger partial charge in [0.15, 0.2) is 5.60 Å². The van der Waals surface area contributed by atoms with Crippen molar-refractivity contribution in [2.24, 2.45) is 0 Å². The number of pyridine rings is 1. The fraction of sp³-hybridized carbons (Fsp3) is 0.242. The number of hydrogen-bond donors (Lipinski definition) is 1. The molecule has 0 spiro atoms. The molecule has 1 N–H and O–H groups in total. The Balaban J connectivity index is 1.18. The van der Waals surface area contributed by atoms with Gasteiger partial charge in [-0.2, -0.15) is 14.0 Å². The summed E-state index contributed by atoms with van der Waals surface area (Å²) in [5, 5.41) is 30.7. The van der Waals surface area contributed by atoms with Crippen LogP contribution in [-0.4, -0.2) is 43.4 Å². The molecular formula is C33H27F4N7O. The summed E-state index contributed by atoms with van der Waals surface area (Å²) in [5.74, 6) is -6.03. The molecule has 12 heteroatoms. The number of alkyl halides is 2. The predicted molar refractivity (Wildman–Crippen MR) is 157 cm³/mol. The van der Waals surface area contributed by atoms with Crippen molar-refractivity contribution < 1.29 is 22.7 Å². The van der Waals surface area contributed by atoms with E-state index < -0.39 is 41.0 Å². The lowest BCUT2D eigenvalue weighted by molar-refractivity contribution is -0.207. The van der Waals surface area contributed by atoms with E-state index in [9.17, 15) is 13.9 Å². The Morgan fingerprint density at radius 3 is 2.22 bits per heavy atom. The van der Waals surface area contributed by atoms with Crippen LogP contribution in [0.1, 0.15) is 41.1 Å². The SMILES string of the molecule is N#Cc1ccc(C2CCN(c3ccc(-c4ccc(C(F)(F)[C@](O)(Cn5cnnn5)c5ccc(F)cc5F)nc4)cc3)CC2)cc1. The quantitative estimate of drug-likeness (QED) is 0.216. The topological polar surface area (TPSA) is 104 Å². The Morgan fingerprint density at radius 2 is 1.62 bits per heavy atom. The van der Waals surface area contributed by atoms with Crippen LogP contribution in [0, 0.1) is 23.0 Å². The Morgan fingerprint density at radius 1 is 0.911 bits per heavy atom. The van der Waals surface area contributed by atoms with Gasteiger partial charge >= 0.3 is 5.92 Å². The molecule has 1 saturated heterocycles. The summed E-state index contributed by atoms with van der Waals surface area (Å²) in [6.07, 6.45) is 4.23. The van der Waals surface area contributed by atoms with Crippen LogP contribution in [0.3, 0.4) is 0 Å². The van der Waals surface area contributed by atoms with E-state index in [0.717, 1.165) is 66.4 Å². The molecule has 1 fully saturated rings. The molecule has 1 atom stereocenters. The second-order valence-electron chi connectivity index (χ2n) is 11.0. The molecule has 1 aliphatic heterocycles. The van der Waals surface area contributed by atoms with Crippen molar-refractivity contribution in [3.05, 3.63) is 125 Å². The highest BCUT2D eigenvalue weighted by molar-refractivity contribution is 5.66. The number of hydrogen-bond acceptors (Lipinski definition) is 7. The molecule has 45 heavy (non-hydrogen) atoms. The van der Waals surface area contributed by atoms with Crippen molar-refractivity contribution in [3.8, 4) is 17.2 Å². The summed E-state index contributed by atoms with van der Waals surface area (Å²) in [4.78, 5) is 6.26. The van der Waals surface area contributed by atoms with Crippen molar-refractivity contribution in [1.29, 1.82) is 5.26 Å². The van der Waals surface area contributed by atoms with Gasteiger partial charge in [-0.15, -0.1) is 5.10 Å². The monoisotopic (exact) mass is 613 g/mol. The number of piperidine rings is 1. The van der Waals surface area contributed by atoms with Crippen LogP contribution >= 0.6 is 0 Å². The maximum absolute atomic E-state index is 16.1. The van der Waals surface area contributed by atoms with Crippen LogP contribution in [-0.2, 0) is 18.1 Å². The van der Waals surface area contributed by atoms with Gasteiger partial charge in [-0.05, 0) is 82.8 Å². The lowest BCUT2D eigenvalue weighted by Gasteiger charge is -2.35. The molecule has 3 heterocycles. The molecule has 0 saturated carbocycles. The predicted octanol–water partition coefficient (Wildman–Crippen LogP) is 5.95. The average Bonchev–Trinajstić information content (AvgIpc) is 3.58.